The summed E-state index contributed by atoms with van der Waals surface area (Å²) in [5.41, 5.74) is 0.630. The number of hydrogen-bond acceptors (Lipinski definition) is 1. The first-order valence-corrected chi connectivity index (χ1v) is 7.09. The molecule has 4 rings (SSSR count). The minimum Gasteiger partial charge on any atom is -0.481 e. The summed E-state index contributed by atoms with van der Waals surface area (Å²) in [6.45, 7) is 0. The summed E-state index contributed by atoms with van der Waals surface area (Å²) in [5, 5.41) is 8.84. The lowest BCUT2D eigenvalue weighted by Gasteiger charge is -2.61. The van der Waals surface area contributed by atoms with Gasteiger partial charge in [0.05, 0.1) is 0 Å². The quantitative estimate of drug-likeness (QED) is 0.759. The molecule has 0 aliphatic heterocycles. The van der Waals surface area contributed by atoms with Crippen LogP contribution in [0.4, 0.5) is 0 Å². The second kappa shape index (κ2) is 3.15. The lowest BCUT2D eigenvalue weighted by molar-refractivity contribution is -0.138. The maximum Gasteiger partial charge on any atom is 0.303 e. The largest absolute Gasteiger partial charge is 0.481 e. The highest BCUT2D eigenvalue weighted by Crippen LogP contribution is 2.76. The molecule has 0 heterocycles. The maximum atomic E-state index is 10.7. The molecule has 1 N–H and O–H groups in total. The van der Waals surface area contributed by atoms with E-state index in [1.54, 1.807) is 0 Å². The molecule has 6 atom stereocenters. The second-order valence-corrected chi connectivity index (χ2v) is 6.79. The van der Waals surface area contributed by atoms with Crippen LogP contribution in [0.5, 0.6) is 0 Å². The van der Waals surface area contributed by atoms with Gasteiger partial charge < -0.3 is 5.11 Å². The fourth-order valence-electron chi connectivity index (χ4n) is 6.00. The SMILES string of the molecule is O=C(O)CCC1CC2CC1C13CC=CC(C1)C23. The van der Waals surface area contributed by atoms with Gasteiger partial charge >= 0.3 is 5.97 Å². The van der Waals surface area contributed by atoms with Crippen molar-refractivity contribution in [2.75, 3.05) is 0 Å². The summed E-state index contributed by atoms with van der Waals surface area (Å²) >= 11 is 0. The van der Waals surface area contributed by atoms with E-state index in [0.29, 0.717) is 11.8 Å². The molecule has 4 bridgehead atoms. The summed E-state index contributed by atoms with van der Waals surface area (Å²) in [6.07, 6.45) is 11.6. The van der Waals surface area contributed by atoms with Crippen LogP contribution in [0.15, 0.2) is 12.2 Å². The van der Waals surface area contributed by atoms with Crippen LogP contribution in [-0.4, -0.2) is 11.1 Å². The van der Waals surface area contributed by atoms with E-state index < -0.39 is 5.97 Å². The highest BCUT2D eigenvalue weighted by molar-refractivity contribution is 5.66. The molecule has 6 unspecified atom stereocenters. The number of rotatable bonds is 3. The van der Waals surface area contributed by atoms with E-state index >= 15 is 0 Å². The normalized spacial score (nSPS) is 53.3. The number of carboxylic acids is 1. The molecular formula is C15H20O2. The molecule has 0 radical (unpaired) electrons. The second-order valence-electron chi connectivity index (χ2n) is 6.79. The zero-order valence-corrected chi connectivity index (χ0v) is 10.1. The molecule has 3 saturated carbocycles. The molecule has 0 amide bonds. The summed E-state index contributed by atoms with van der Waals surface area (Å²) in [4.78, 5) is 10.7. The van der Waals surface area contributed by atoms with Gasteiger partial charge in [0, 0.05) is 6.42 Å². The molecule has 2 nitrogen and oxygen atoms in total. The number of carboxylic acid groups (broad SMARTS) is 1. The third kappa shape index (κ3) is 1.14. The van der Waals surface area contributed by atoms with E-state index in [1.807, 2.05) is 0 Å². The van der Waals surface area contributed by atoms with E-state index in [4.69, 9.17) is 5.11 Å². The van der Waals surface area contributed by atoms with Gasteiger partial charge in [-0.2, -0.15) is 0 Å². The molecule has 4 aliphatic carbocycles. The van der Waals surface area contributed by atoms with Crippen molar-refractivity contribution in [3.05, 3.63) is 12.2 Å². The van der Waals surface area contributed by atoms with Crippen molar-refractivity contribution in [2.24, 2.45) is 35.0 Å². The number of carbonyl (C=O) groups is 1. The van der Waals surface area contributed by atoms with Gasteiger partial charge in [0.1, 0.15) is 0 Å². The standard InChI is InChI=1S/C15H20O2/c16-13(17)4-3-9-6-11-7-12(9)15-5-1-2-10(8-15)14(11)15/h1-2,9-12,14H,3-8H2,(H,16,17). The van der Waals surface area contributed by atoms with Gasteiger partial charge in [0.2, 0.25) is 0 Å². The van der Waals surface area contributed by atoms with Crippen LogP contribution in [0.2, 0.25) is 0 Å². The van der Waals surface area contributed by atoms with Gasteiger partial charge in [-0.05, 0) is 67.1 Å². The fraction of sp³-hybridized carbons (Fsp3) is 0.800. The van der Waals surface area contributed by atoms with Crippen molar-refractivity contribution < 1.29 is 9.90 Å². The molecule has 0 saturated heterocycles. The first-order valence-electron chi connectivity index (χ1n) is 7.09. The van der Waals surface area contributed by atoms with Gasteiger partial charge in [-0.3, -0.25) is 4.79 Å². The molecule has 0 aromatic rings. The van der Waals surface area contributed by atoms with Gasteiger partial charge in [-0.1, -0.05) is 12.2 Å². The van der Waals surface area contributed by atoms with Crippen molar-refractivity contribution in [3.8, 4) is 0 Å². The predicted octanol–water partition coefficient (Wildman–Crippen LogP) is 3.09. The van der Waals surface area contributed by atoms with Crippen LogP contribution >= 0.6 is 0 Å². The van der Waals surface area contributed by atoms with Crippen LogP contribution in [-0.2, 0) is 4.79 Å². The first-order chi connectivity index (χ1) is 8.21. The summed E-state index contributed by atoms with van der Waals surface area (Å²) < 4.78 is 0. The van der Waals surface area contributed by atoms with Crippen LogP contribution in [0.3, 0.4) is 0 Å². The van der Waals surface area contributed by atoms with Gasteiger partial charge in [-0.25, -0.2) is 0 Å². The highest BCUT2D eigenvalue weighted by Gasteiger charge is 2.68. The minimum atomic E-state index is -0.614. The summed E-state index contributed by atoms with van der Waals surface area (Å²) in [5.74, 6) is 3.77. The Kier molecular flexibility index (Phi) is 1.88. The summed E-state index contributed by atoms with van der Waals surface area (Å²) in [7, 11) is 0. The average Bonchev–Trinajstić information content (AvgIpc) is 2.79. The lowest BCUT2D eigenvalue weighted by atomic mass is 9.43. The third-order valence-corrected chi connectivity index (χ3v) is 6.33. The zero-order valence-electron chi connectivity index (χ0n) is 10.1. The van der Waals surface area contributed by atoms with Gasteiger partial charge in [0.15, 0.2) is 0 Å². The van der Waals surface area contributed by atoms with Crippen LogP contribution in [0.1, 0.15) is 38.5 Å². The first kappa shape index (κ1) is 10.2. The average molecular weight is 232 g/mol. The smallest absolute Gasteiger partial charge is 0.303 e. The van der Waals surface area contributed by atoms with E-state index in [1.165, 1.54) is 25.7 Å². The highest BCUT2D eigenvalue weighted by atomic mass is 16.4. The molecule has 4 aliphatic rings. The molecule has 0 aromatic carbocycles. The monoisotopic (exact) mass is 232 g/mol. The van der Waals surface area contributed by atoms with E-state index in [-0.39, 0.29) is 0 Å². The van der Waals surface area contributed by atoms with Gasteiger partial charge in [-0.15, -0.1) is 0 Å². The van der Waals surface area contributed by atoms with Crippen molar-refractivity contribution in [2.45, 2.75) is 38.5 Å². The molecule has 92 valence electrons. The zero-order chi connectivity index (χ0) is 11.6. The van der Waals surface area contributed by atoms with E-state index in [9.17, 15) is 4.79 Å². The van der Waals surface area contributed by atoms with Crippen LogP contribution in [0, 0.1) is 35.0 Å². The van der Waals surface area contributed by atoms with Crippen molar-refractivity contribution >= 4 is 5.97 Å². The molecule has 1 spiro atoms. The van der Waals surface area contributed by atoms with Crippen molar-refractivity contribution in [1.29, 1.82) is 0 Å². The van der Waals surface area contributed by atoms with E-state index in [2.05, 4.69) is 12.2 Å². The van der Waals surface area contributed by atoms with Crippen molar-refractivity contribution in [1.82, 2.24) is 0 Å². The van der Waals surface area contributed by atoms with Crippen molar-refractivity contribution in [3.63, 3.8) is 0 Å². The molecule has 2 heteroatoms. The summed E-state index contributed by atoms with van der Waals surface area (Å²) in [6, 6.07) is 0. The van der Waals surface area contributed by atoms with Gasteiger partial charge in [0.25, 0.3) is 0 Å². The minimum absolute atomic E-state index is 0.383. The Morgan fingerprint density at radius 1 is 1.41 bits per heavy atom. The predicted molar refractivity (Wildman–Crippen MR) is 64.4 cm³/mol. The fourth-order valence-corrected chi connectivity index (χ4v) is 6.00. The Balaban J connectivity index is 1.54. The number of fused-ring (bicyclic) bond motifs is 5. The Morgan fingerprint density at radius 3 is 3.06 bits per heavy atom. The van der Waals surface area contributed by atoms with Crippen LogP contribution in [0.25, 0.3) is 0 Å². The molecular weight excluding hydrogens is 212 g/mol. The Hall–Kier alpha value is -0.790. The van der Waals surface area contributed by atoms with E-state index in [0.717, 1.165) is 36.0 Å². The molecule has 3 fully saturated rings. The molecule has 17 heavy (non-hydrogen) atoms. The lowest BCUT2D eigenvalue weighted by Crippen LogP contribution is -2.54. The Bertz CT molecular complexity index is 400. The Morgan fingerprint density at radius 2 is 2.29 bits per heavy atom. The van der Waals surface area contributed by atoms with Crippen LogP contribution < -0.4 is 0 Å². The number of aliphatic carboxylic acids is 1. The number of allylic oxidation sites excluding steroid dienone is 2. The topological polar surface area (TPSA) is 37.3 Å². The Labute approximate surface area is 102 Å². The molecule has 0 aromatic heterocycles. The third-order valence-electron chi connectivity index (χ3n) is 6.33. The number of hydrogen-bond donors (Lipinski definition) is 1. The maximum absolute atomic E-state index is 10.7.